The average Bonchev–Trinajstić information content (AvgIpc) is 3.22. The smallest absolute Gasteiger partial charge is 0.222 e. The minimum absolute atomic E-state index is 0.348. The number of hydrogen-bond donors (Lipinski definition) is 0. The van der Waals surface area contributed by atoms with E-state index < -0.39 is 5.79 Å². The molecule has 0 saturated carbocycles. The first-order chi connectivity index (χ1) is 10.4. The van der Waals surface area contributed by atoms with Crippen molar-refractivity contribution in [3.63, 3.8) is 0 Å². The Labute approximate surface area is 124 Å². The minimum atomic E-state index is -0.771. The number of benzene rings is 2. The molecule has 0 bridgehead atoms. The van der Waals surface area contributed by atoms with Crippen molar-refractivity contribution in [1.29, 1.82) is 0 Å². The van der Waals surface area contributed by atoms with Gasteiger partial charge in [-0.05, 0) is 5.56 Å². The number of rotatable bonds is 4. The molecule has 1 unspecified atom stereocenters. The lowest BCUT2D eigenvalue weighted by molar-refractivity contribution is -0.130. The fraction of sp³-hybridized carbons (Fsp3) is 0.333. The molecule has 3 nitrogen and oxygen atoms in total. The molecule has 0 amide bonds. The quantitative estimate of drug-likeness (QED) is 0.808. The Morgan fingerprint density at radius 2 is 1.57 bits per heavy atom. The fourth-order valence-electron chi connectivity index (χ4n) is 3.00. The predicted molar refractivity (Wildman–Crippen MR) is 79.0 cm³/mol. The number of hydrogen-bond acceptors (Lipinski definition) is 3. The highest BCUT2D eigenvalue weighted by molar-refractivity contribution is 5.40. The fourth-order valence-corrected chi connectivity index (χ4v) is 3.00. The maximum absolute atomic E-state index is 6.09. The van der Waals surface area contributed by atoms with Gasteiger partial charge in [0.25, 0.3) is 0 Å². The van der Waals surface area contributed by atoms with Crippen molar-refractivity contribution in [3.05, 3.63) is 71.3 Å². The van der Waals surface area contributed by atoms with Crippen LogP contribution in [-0.4, -0.2) is 25.9 Å². The van der Waals surface area contributed by atoms with Crippen LogP contribution in [0, 0.1) is 0 Å². The Kier molecular flexibility index (Phi) is 3.26. The van der Waals surface area contributed by atoms with Crippen molar-refractivity contribution in [2.45, 2.75) is 18.3 Å². The zero-order chi connectivity index (χ0) is 14.1. The molecule has 0 radical (unpaired) electrons. The molecule has 1 atom stereocenters. The van der Waals surface area contributed by atoms with E-state index in [0.717, 1.165) is 24.2 Å². The molecule has 2 aromatic rings. The minimum Gasteiger partial charge on any atom is -0.373 e. The second kappa shape index (κ2) is 5.26. The van der Waals surface area contributed by atoms with Crippen molar-refractivity contribution in [2.75, 3.05) is 19.8 Å². The summed E-state index contributed by atoms with van der Waals surface area (Å²) in [6, 6.07) is 18.5. The highest BCUT2D eigenvalue weighted by Crippen LogP contribution is 2.40. The molecule has 0 aliphatic carbocycles. The maximum atomic E-state index is 6.09. The van der Waals surface area contributed by atoms with Gasteiger partial charge in [-0.1, -0.05) is 54.6 Å². The van der Waals surface area contributed by atoms with E-state index in [2.05, 4.69) is 30.3 Å². The molecule has 2 aliphatic heterocycles. The van der Waals surface area contributed by atoms with Gasteiger partial charge in [0.05, 0.1) is 25.9 Å². The summed E-state index contributed by atoms with van der Waals surface area (Å²) >= 11 is 0. The normalized spacial score (nSPS) is 23.1. The van der Waals surface area contributed by atoms with E-state index in [9.17, 15) is 0 Å². The molecule has 21 heavy (non-hydrogen) atoms. The first-order valence-corrected chi connectivity index (χ1v) is 7.42. The van der Waals surface area contributed by atoms with E-state index in [1.54, 1.807) is 0 Å². The van der Waals surface area contributed by atoms with Gasteiger partial charge in [-0.3, -0.25) is 0 Å². The molecule has 4 rings (SSSR count). The van der Waals surface area contributed by atoms with E-state index >= 15 is 0 Å². The van der Waals surface area contributed by atoms with Crippen molar-refractivity contribution < 1.29 is 14.2 Å². The highest BCUT2D eigenvalue weighted by atomic mass is 16.7. The Hall–Kier alpha value is -1.68. The van der Waals surface area contributed by atoms with Gasteiger partial charge in [-0.2, -0.15) is 0 Å². The van der Waals surface area contributed by atoms with Gasteiger partial charge in [-0.25, -0.2) is 0 Å². The van der Waals surface area contributed by atoms with Crippen LogP contribution in [0.2, 0.25) is 0 Å². The van der Waals surface area contributed by atoms with E-state index in [1.807, 2.05) is 24.3 Å². The van der Waals surface area contributed by atoms with Crippen molar-refractivity contribution in [3.8, 4) is 0 Å². The molecule has 2 heterocycles. The van der Waals surface area contributed by atoms with E-state index in [-0.39, 0.29) is 0 Å². The molecular formula is C18H18O3. The summed E-state index contributed by atoms with van der Waals surface area (Å²) in [4.78, 5) is 0. The van der Waals surface area contributed by atoms with Crippen LogP contribution < -0.4 is 0 Å². The molecule has 0 N–H and O–H groups in total. The molecular weight excluding hydrogens is 264 g/mol. The summed E-state index contributed by atoms with van der Waals surface area (Å²) in [5.74, 6) is -0.771. The summed E-state index contributed by atoms with van der Waals surface area (Å²) in [6.45, 7) is 2.08. The van der Waals surface area contributed by atoms with Gasteiger partial charge in [0, 0.05) is 17.5 Å². The van der Waals surface area contributed by atoms with Crippen LogP contribution >= 0.6 is 0 Å². The lowest BCUT2D eigenvalue weighted by Gasteiger charge is -2.30. The van der Waals surface area contributed by atoms with Crippen LogP contribution in [0.3, 0.4) is 0 Å². The van der Waals surface area contributed by atoms with E-state index in [4.69, 9.17) is 14.2 Å². The molecule has 108 valence electrons. The van der Waals surface area contributed by atoms with Gasteiger partial charge in [0.1, 0.15) is 0 Å². The zero-order valence-corrected chi connectivity index (χ0v) is 11.8. The van der Waals surface area contributed by atoms with Crippen LogP contribution in [0.15, 0.2) is 54.6 Å². The largest absolute Gasteiger partial charge is 0.373 e. The third-order valence-electron chi connectivity index (χ3n) is 4.07. The lowest BCUT2D eigenvalue weighted by Crippen LogP contribution is -2.30. The van der Waals surface area contributed by atoms with Crippen LogP contribution in [0.4, 0.5) is 0 Å². The van der Waals surface area contributed by atoms with Crippen LogP contribution in [0.1, 0.15) is 16.7 Å². The molecule has 2 fully saturated rings. The van der Waals surface area contributed by atoms with Gasteiger partial charge >= 0.3 is 0 Å². The van der Waals surface area contributed by atoms with Gasteiger partial charge in [0.2, 0.25) is 5.79 Å². The van der Waals surface area contributed by atoms with Crippen LogP contribution in [-0.2, 0) is 26.4 Å². The van der Waals surface area contributed by atoms with Crippen LogP contribution in [0.5, 0.6) is 0 Å². The Balaban J connectivity index is 1.81. The summed E-state index contributed by atoms with van der Waals surface area (Å²) < 4.78 is 17.6. The highest BCUT2D eigenvalue weighted by Gasteiger charge is 2.42. The Morgan fingerprint density at radius 3 is 2.29 bits per heavy atom. The standard InChI is InChI=1S/C18H18O3/c1-2-7-15(8-3-1)18(20-10-11-21-18)17-9-5-4-6-14(17)12-16-13-19-16/h1-9,16H,10-13H2. The van der Waals surface area contributed by atoms with Crippen molar-refractivity contribution >= 4 is 0 Å². The number of epoxide rings is 1. The molecule has 2 aliphatic rings. The first kappa shape index (κ1) is 13.0. The number of ether oxygens (including phenoxy) is 3. The molecule has 0 spiro atoms. The topological polar surface area (TPSA) is 31.0 Å². The maximum Gasteiger partial charge on any atom is 0.222 e. The zero-order valence-electron chi connectivity index (χ0n) is 11.8. The summed E-state index contributed by atoms with van der Waals surface area (Å²) in [5.41, 5.74) is 3.39. The molecule has 0 aromatic heterocycles. The molecule has 2 aromatic carbocycles. The second-order valence-corrected chi connectivity index (χ2v) is 5.50. The van der Waals surface area contributed by atoms with E-state index in [1.165, 1.54) is 5.56 Å². The van der Waals surface area contributed by atoms with Crippen molar-refractivity contribution in [1.82, 2.24) is 0 Å². The summed E-state index contributed by atoms with van der Waals surface area (Å²) in [5, 5.41) is 0. The molecule has 3 heteroatoms. The van der Waals surface area contributed by atoms with E-state index in [0.29, 0.717) is 19.3 Å². The second-order valence-electron chi connectivity index (χ2n) is 5.50. The summed E-state index contributed by atoms with van der Waals surface area (Å²) in [6.07, 6.45) is 1.26. The van der Waals surface area contributed by atoms with Gasteiger partial charge in [0.15, 0.2) is 0 Å². The first-order valence-electron chi connectivity index (χ1n) is 7.42. The third-order valence-corrected chi connectivity index (χ3v) is 4.07. The van der Waals surface area contributed by atoms with Crippen molar-refractivity contribution in [2.24, 2.45) is 0 Å². The van der Waals surface area contributed by atoms with Gasteiger partial charge < -0.3 is 14.2 Å². The predicted octanol–water partition coefficient (Wildman–Crippen LogP) is 2.88. The SMILES string of the molecule is c1ccc(C2(c3ccccc3CC3CO3)OCCO2)cc1. The monoisotopic (exact) mass is 282 g/mol. The summed E-state index contributed by atoms with van der Waals surface area (Å²) in [7, 11) is 0. The average molecular weight is 282 g/mol. The molecule has 2 saturated heterocycles. The lowest BCUT2D eigenvalue weighted by atomic mass is 9.91. The van der Waals surface area contributed by atoms with Crippen LogP contribution in [0.25, 0.3) is 0 Å². The Bertz CT molecular complexity index is 613. The van der Waals surface area contributed by atoms with Gasteiger partial charge in [-0.15, -0.1) is 0 Å². The Morgan fingerprint density at radius 1 is 0.905 bits per heavy atom. The third kappa shape index (κ3) is 2.38.